The smallest absolute Gasteiger partial charge is 0.212 e. The van der Waals surface area contributed by atoms with Gasteiger partial charge in [-0.1, -0.05) is 12.1 Å². The van der Waals surface area contributed by atoms with E-state index in [9.17, 15) is 4.21 Å². The summed E-state index contributed by atoms with van der Waals surface area (Å²) in [5.41, 5.74) is 0.865. The van der Waals surface area contributed by atoms with Crippen molar-refractivity contribution in [2.45, 2.75) is 4.90 Å². The molecule has 0 spiro atoms. The van der Waals surface area contributed by atoms with E-state index in [1.807, 2.05) is 38.4 Å². The summed E-state index contributed by atoms with van der Waals surface area (Å²) >= 11 is 0. The zero-order chi connectivity index (χ0) is 10.1. The van der Waals surface area contributed by atoms with Gasteiger partial charge in [0.15, 0.2) is 11.0 Å². The third-order valence-corrected chi connectivity index (χ3v) is 2.99. The second-order valence-electron chi connectivity index (χ2n) is 3.18. The predicted molar refractivity (Wildman–Crippen MR) is 57.6 cm³/mol. The van der Waals surface area contributed by atoms with Crippen LogP contribution >= 0.6 is 0 Å². The van der Waals surface area contributed by atoms with Crippen LogP contribution in [0.15, 0.2) is 33.6 Å². The molecule has 5 heteroatoms. The van der Waals surface area contributed by atoms with Gasteiger partial charge in [0.05, 0.1) is 10.6 Å². The average molecular weight is 209 g/mol. The first-order valence-electron chi connectivity index (χ1n) is 4.22. The van der Waals surface area contributed by atoms with Crippen molar-refractivity contribution in [2.75, 3.05) is 19.4 Å². The highest BCUT2D eigenvalue weighted by atomic mass is 32.2. The summed E-state index contributed by atoms with van der Waals surface area (Å²) in [5, 5.41) is 3.11. The van der Waals surface area contributed by atoms with Crippen LogP contribution in [0, 0.1) is 0 Å². The fourth-order valence-corrected chi connectivity index (χ4v) is 2.15. The normalized spacial score (nSPS) is 19.3. The summed E-state index contributed by atoms with van der Waals surface area (Å²) in [6.45, 7) is 0. The molecule has 0 aliphatic carbocycles. The minimum absolute atomic E-state index is 0.627. The van der Waals surface area contributed by atoms with E-state index >= 15 is 0 Å². The van der Waals surface area contributed by atoms with Gasteiger partial charge in [-0.3, -0.25) is 0 Å². The van der Waals surface area contributed by atoms with E-state index in [0.717, 1.165) is 10.6 Å². The maximum Gasteiger partial charge on any atom is 0.212 e. The van der Waals surface area contributed by atoms with Gasteiger partial charge in [-0.15, -0.1) is 4.40 Å². The van der Waals surface area contributed by atoms with E-state index < -0.39 is 11.0 Å². The first-order chi connectivity index (χ1) is 6.68. The maximum atomic E-state index is 11.7. The number of fused-ring (bicyclic) bond motifs is 1. The number of guanidine groups is 1. The van der Waals surface area contributed by atoms with Crippen molar-refractivity contribution in [2.24, 2.45) is 4.40 Å². The van der Waals surface area contributed by atoms with Gasteiger partial charge in [0.25, 0.3) is 0 Å². The number of nitrogens with one attached hydrogen (secondary N) is 1. The van der Waals surface area contributed by atoms with Crippen LogP contribution in [0.2, 0.25) is 0 Å². The molecule has 0 aromatic heterocycles. The van der Waals surface area contributed by atoms with Gasteiger partial charge in [0.2, 0.25) is 5.96 Å². The van der Waals surface area contributed by atoms with Crippen LogP contribution in [0.3, 0.4) is 0 Å². The molecule has 1 aliphatic rings. The molecule has 0 saturated heterocycles. The minimum Gasteiger partial charge on any atom is -0.348 e. The molecule has 0 bridgehead atoms. The Kier molecular flexibility index (Phi) is 2.25. The third-order valence-electron chi connectivity index (χ3n) is 1.91. The molecule has 2 rings (SSSR count). The van der Waals surface area contributed by atoms with Crippen LogP contribution < -0.4 is 5.32 Å². The van der Waals surface area contributed by atoms with Crippen molar-refractivity contribution >= 4 is 22.6 Å². The first-order valence-corrected chi connectivity index (χ1v) is 5.33. The lowest BCUT2D eigenvalue weighted by molar-refractivity contribution is 0.619. The van der Waals surface area contributed by atoms with Crippen LogP contribution in [0.4, 0.5) is 5.69 Å². The molecule has 1 atom stereocenters. The van der Waals surface area contributed by atoms with E-state index in [1.54, 1.807) is 4.90 Å². The number of hydrogen-bond acceptors (Lipinski definition) is 3. The SMILES string of the molecule is CN(C)C1=NS(=O)c2ccccc2N1. The molecular weight excluding hydrogens is 198 g/mol. The van der Waals surface area contributed by atoms with Crippen molar-refractivity contribution in [3.63, 3.8) is 0 Å². The van der Waals surface area contributed by atoms with Gasteiger partial charge >= 0.3 is 0 Å². The molecule has 0 saturated carbocycles. The number of rotatable bonds is 0. The molecule has 1 unspecified atom stereocenters. The van der Waals surface area contributed by atoms with E-state index in [1.165, 1.54) is 0 Å². The van der Waals surface area contributed by atoms with Crippen molar-refractivity contribution in [3.8, 4) is 0 Å². The highest BCUT2D eigenvalue weighted by Gasteiger charge is 2.17. The van der Waals surface area contributed by atoms with Crippen LogP contribution in [0.25, 0.3) is 0 Å². The minimum atomic E-state index is -1.28. The molecule has 4 nitrogen and oxygen atoms in total. The van der Waals surface area contributed by atoms with Gasteiger partial charge in [-0.2, -0.15) is 0 Å². The Bertz CT molecular complexity index is 414. The highest BCUT2D eigenvalue weighted by molar-refractivity contribution is 7.84. The largest absolute Gasteiger partial charge is 0.348 e. The highest BCUT2D eigenvalue weighted by Crippen LogP contribution is 2.23. The molecule has 1 aliphatic heterocycles. The van der Waals surface area contributed by atoms with Gasteiger partial charge in [0, 0.05) is 14.1 Å². The van der Waals surface area contributed by atoms with Crippen LogP contribution in [0.1, 0.15) is 0 Å². The first kappa shape index (κ1) is 9.21. The summed E-state index contributed by atoms with van der Waals surface area (Å²) in [5.74, 6) is 0.627. The topological polar surface area (TPSA) is 44.7 Å². The van der Waals surface area contributed by atoms with Crippen LogP contribution in [-0.2, 0) is 11.0 Å². The average Bonchev–Trinajstić information content (AvgIpc) is 2.17. The van der Waals surface area contributed by atoms with Gasteiger partial charge in [-0.25, -0.2) is 4.21 Å². The molecule has 0 radical (unpaired) electrons. The Morgan fingerprint density at radius 2 is 2.07 bits per heavy atom. The molecule has 14 heavy (non-hydrogen) atoms. The second-order valence-corrected chi connectivity index (χ2v) is 4.30. The zero-order valence-electron chi connectivity index (χ0n) is 8.02. The molecule has 0 amide bonds. The van der Waals surface area contributed by atoms with E-state index in [0.29, 0.717) is 5.96 Å². The molecular formula is C9H11N3OS. The fourth-order valence-electron chi connectivity index (χ4n) is 1.19. The maximum absolute atomic E-state index is 11.7. The van der Waals surface area contributed by atoms with Gasteiger partial charge < -0.3 is 10.2 Å². The van der Waals surface area contributed by atoms with E-state index in [2.05, 4.69) is 9.71 Å². The molecule has 1 aromatic carbocycles. The van der Waals surface area contributed by atoms with Crippen LogP contribution in [-0.4, -0.2) is 29.2 Å². The van der Waals surface area contributed by atoms with E-state index in [4.69, 9.17) is 0 Å². The van der Waals surface area contributed by atoms with Gasteiger partial charge in [-0.05, 0) is 12.1 Å². The molecule has 74 valence electrons. The summed E-state index contributed by atoms with van der Waals surface area (Å²) in [6, 6.07) is 7.47. The lowest BCUT2D eigenvalue weighted by Gasteiger charge is -2.21. The number of nitrogens with zero attached hydrogens (tertiary/aromatic N) is 2. The lowest BCUT2D eigenvalue weighted by Crippen LogP contribution is -2.32. The number of benzene rings is 1. The standard InChI is InChI=1S/C9H11N3OS/c1-12(2)9-10-7-5-3-4-6-8(7)14(13)11-9/h3-6H,1-2H3,(H,10,11). The summed E-state index contributed by atoms with van der Waals surface area (Å²) in [6.07, 6.45) is 0. The van der Waals surface area contributed by atoms with Crippen molar-refractivity contribution in [1.29, 1.82) is 0 Å². The number of para-hydroxylation sites is 1. The molecule has 1 aromatic rings. The fraction of sp³-hybridized carbons (Fsp3) is 0.222. The third kappa shape index (κ3) is 1.50. The van der Waals surface area contributed by atoms with E-state index in [-0.39, 0.29) is 0 Å². The number of hydrogen-bond donors (Lipinski definition) is 1. The Morgan fingerprint density at radius 1 is 1.36 bits per heavy atom. The molecule has 0 fully saturated rings. The summed E-state index contributed by atoms with van der Waals surface area (Å²) < 4.78 is 15.7. The summed E-state index contributed by atoms with van der Waals surface area (Å²) in [7, 11) is 2.43. The molecule has 1 heterocycles. The Hall–Kier alpha value is -1.36. The van der Waals surface area contributed by atoms with Crippen molar-refractivity contribution in [1.82, 2.24) is 4.90 Å². The number of anilines is 1. The lowest BCUT2D eigenvalue weighted by atomic mass is 10.3. The zero-order valence-corrected chi connectivity index (χ0v) is 8.84. The monoisotopic (exact) mass is 209 g/mol. The van der Waals surface area contributed by atoms with Crippen molar-refractivity contribution < 1.29 is 4.21 Å². The predicted octanol–water partition coefficient (Wildman–Crippen LogP) is 1.05. The Labute approximate surface area is 85.2 Å². The Morgan fingerprint density at radius 3 is 2.79 bits per heavy atom. The summed E-state index contributed by atoms with van der Waals surface area (Å²) in [4.78, 5) is 2.53. The Balaban J connectivity index is 2.43. The second kappa shape index (κ2) is 3.42. The van der Waals surface area contributed by atoms with Crippen molar-refractivity contribution in [3.05, 3.63) is 24.3 Å². The van der Waals surface area contributed by atoms with Gasteiger partial charge in [0.1, 0.15) is 0 Å². The van der Waals surface area contributed by atoms with Crippen LogP contribution in [0.5, 0.6) is 0 Å². The molecule has 1 N–H and O–H groups in total. The quantitative estimate of drug-likeness (QED) is 0.694.